The van der Waals surface area contributed by atoms with Crippen LogP contribution >= 0.6 is 0 Å². The van der Waals surface area contributed by atoms with Crippen molar-refractivity contribution in [1.29, 1.82) is 0 Å². The Morgan fingerprint density at radius 3 is 3.00 bits per heavy atom. The molecule has 100 valence electrons. The molecule has 1 aliphatic heterocycles. The molecule has 1 aromatic carbocycles. The zero-order chi connectivity index (χ0) is 13.2. The van der Waals surface area contributed by atoms with Gasteiger partial charge in [0.15, 0.2) is 0 Å². The molecule has 0 fully saturated rings. The summed E-state index contributed by atoms with van der Waals surface area (Å²) in [5.74, 6) is 1.34. The molecule has 0 aliphatic carbocycles. The highest BCUT2D eigenvalue weighted by Crippen LogP contribution is 2.34. The average Bonchev–Trinajstić information content (AvgIpc) is 2.28. The van der Waals surface area contributed by atoms with Gasteiger partial charge in [-0.2, -0.15) is 13.1 Å². The van der Waals surface area contributed by atoms with Gasteiger partial charge in [-0.05, 0) is 25.1 Å². The molecule has 0 spiro atoms. The van der Waals surface area contributed by atoms with Gasteiger partial charge in [-0.3, -0.25) is 0 Å². The lowest BCUT2D eigenvalue weighted by Gasteiger charge is -2.26. The molecule has 0 saturated heterocycles. The van der Waals surface area contributed by atoms with Crippen molar-refractivity contribution in [1.82, 2.24) is 4.72 Å². The first-order valence-electron chi connectivity index (χ1n) is 5.69. The van der Waals surface area contributed by atoms with Crippen LogP contribution in [0.25, 0.3) is 0 Å². The molecule has 1 atom stereocenters. The van der Waals surface area contributed by atoms with Crippen molar-refractivity contribution in [3.05, 3.63) is 23.8 Å². The highest BCUT2D eigenvalue weighted by atomic mass is 32.2. The zero-order valence-electron chi connectivity index (χ0n) is 10.0. The summed E-state index contributed by atoms with van der Waals surface area (Å²) in [7, 11) is -3.74. The predicted octanol–water partition coefficient (Wildman–Crippen LogP) is 0.702. The van der Waals surface area contributed by atoms with Gasteiger partial charge in [0.05, 0.1) is 19.3 Å². The zero-order valence-corrected chi connectivity index (χ0v) is 10.9. The second-order valence-electron chi connectivity index (χ2n) is 3.99. The molecule has 3 N–H and O–H groups in total. The summed E-state index contributed by atoms with van der Waals surface area (Å²) < 4.78 is 35.5. The summed E-state index contributed by atoms with van der Waals surface area (Å²) in [5.41, 5.74) is 0.751. The van der Waals surface area contributed by atoms with Crippen molar-refractivity contribution in [3.8, 4) is 11.5 Å². The van der Waals surface area contributed by atoms with Gasteiger partial charge >= 0.3 is 0 Å². The number of nitrogens with one attached hydrogen (secondary N) is 1. The minimum absolute atomic E-state index is 0.371. The van der Waals surface area contributed by atoms with Crippen molar-refractivity contribution >= 4 is 10.2 Å². The summed E-state index contributed by atoms with van der Waals surface area (Å²) >= 11 is 0. The van der Waals surface area contributed by atoms with Gasteiger partial charge in [0.25, 0.3) is 10.2 Å². The van der Waals surface area contributed by atoms with Gasteiger partial charge in [0.1, 0.15) is 11.5 Å². The molecular weight excluding hydrogens is 256 g/mol. The van der Waals surface area contributed by atoms with E-state index in [2.05, 4.69) is 4.72 Å². The summed E-state index contributed by atoms with van der Waals surface area (Å²) in [5, 5.41) is 5.01. The molecule has 0 aromatic heterocycles. The van der Waals surface area contributed by atoms with E-state index in [0.29, 0.717) is 31.1 Å². The summed E-state index contributed by atoms with van der Waals surface area (Å²) in [6.45, 7) is 2.89. The van der Waals surface area contributed by atoms with Gasteiger partial charge in [0.2, 0.25) is 0 Å². The Morgan fingerprint density at radius 1 is 1.56 bits per heavy atom. The van der Waals surface area contributed by atoms with Crippen LogP contribution in [0.5, 0.6) is 11.5 Å². The third-order valence-corrected chi connectivity index (χ3v) is 3.25. The molecule has 1 aliphatic rings. The lowest BCUT2D eigenvalue weighted by Crippen LogP contribution is -2.36. The standard InChI is InChI=1S/C11H16N2O4S/c1-2-16-8-3-4-11-9(7-8)10(5-6-17-11)13-18(12,14)15/h3-4,7,10,13H,2,5-6H2,1H3,(H2,12,14,15). The first-order chi connectivity index (χ1) is 8.49. The molecule has 6 nitrogen and oxygen atoms in total. The Hall–Kier alpha value is -1.31. The van der Waals surface area contributed by atoms with E-state index < -0.39 is 10.2 Å². The molecule has 0 radical (unpaired) electrons. The van der Waals surface area contributed by atoms with Gasteiger partial charge in [-0.1, -0.05) is 0 Å². The molecule has 1 heterocycles. The number of benzene rings is 1. The number of ether oxygens (including phenoxy) is 2. The molecule has 0 saturated carbocycles. The number of hydrogen-bond donors (Lipinski definition) is 2. The molecule has 7 heteroatoms. The van der Waals surface area contributed by atoms with Crippen LogP contribution in [0.15, 0.2) is 18.2 Å². The van der Waals surface area contributed by atoms with Crippen LogP contribution in [0.4, 0.5) is 0 Å². The van der Waals surface area contributed by atoms with Crippen molar-refractivity contribution in [2.75, 3.05) is 13.2 Å². The molecule has 1 unspecified atom stereocenters. The van der Waals surface area contributed by atoms with Gasteiger partial charge in [-0.15, -0.1) is 0 Å². The maximum atomic E-state index is 11.1. The number of hydrogen-bond acceptors (Lipinski definition) is 4. The maximum Gasteiger partial charge on any atom is 0.274 e. The lowest BCUT2D eigenvalue weighted by molar-refractivity contribution is 0.261. The van der Waals surface area contributed by atoms with Crippen LogP contribution < -0.4 is 19.3 Å². The van der Waals surface area contributed by atoms with E-state index in [0.717, 1.165) is 5.56 Å². The first-order valence-corrected chi connectivity index (χ1v) is 7.24. The highest BCUT2D eigenvalue weighted by Gasteiger charge is 2.24. The van der Waals surface area contributed by atoms with Crippen molar-refractivity contribution in [3.63, 3.8) is 0 Å². The Bertz CT molecular complexity index is 530. The maximum absolute atomic E-state index is 11.1. The van der Waals surface area contributed by atoms with Crippen LogP contribution in [0.3, 0.4) is 0 Å². The van der Waals surface area contributed by atoms with Crippen LogP contribution in [-0.2, 0) is 10.2 Å². The molecule has 0 bridgehead atoms. The van der Waals surface area contributed by atoms with Crippen molar-refractivity contribution < 1.29 is 17.9 Å². The molecular formula is C11H16N2O4S. The fourth-order valence-electron chi connectivity index (χ4n) is 1.95. The van der Waals surface area contributed by atoms with E-state index in [1.807, 2.05) is 6.92 Å². The molecule has 2 rings (SSSR count). The van der Waals surface area contributed by atoms with Gasteiger partial charge in [-0.25, -0.2) is 5.14 Å². The van der Waals surface area contributed by atoms with Crippen molar-refractivity contribution in [2.45, 2.75) is 19.4 Å². The molecule has 0 amide bonds. The third-order valence-electron chi connectivity index (χ3n) is 2.64. The normalized spacial score (nSPS) is 18.9. The summed E-state index contributed by atoms with van der Waals surface area (Å²) in [4.78, 5) is 0. The topological polar surface area (TPSA) is 90.6 Å². The Morgan fingerprint density at radius 2 is 2.33 bits per heavy atom. The fourth-order valence-corrected chi connectivity index (χ4v) is 2.59. The quantitative estimate of drug-likeness (QED) is 0.844. The van der Waals surface area contributed by atoms with E-state index in [1.165, 1.54) is 0 Å². The summed E-state index contributed by atoms with van der Waals surface area (Å²) in [6.07, 6.45) is 0.541. The van der Waals surface area contributed by atoms with E-state index in [1.54, 1.807) is 18.2 Å². The second-order valence-corrected chi connectivity index (χ2v) is 5.31. The van der Waals surface area contributed by atoms with E-state index in [9.17, 15) is 8.42 Å². The van der Waals surface area contributed by atoms with Gasteiger partial charge < -0.3 is 9.47 Å². The summed E-state index contributed by atoms with van der Waals surface area (Å²) in [6, 6.07) is 4.98. The van der Waals surface area contributed by atoms with Crippen LogP contribution in [0.2, 0.25) is 0 Å². The van der Waals surface area contributed by atoms with E-state index in [4.69, 9.17) is 14.6 Å². The number of rotatable bonds is 4. The minimum Gasteiger partial charge on any atom is -0.494 e. The lowest BCUT2D eigenvalue weighted by atomic mass is 10.0. The van der Waals surface area contributed by atoms with Crippen LogP contribution in [-0.4, -0.2) is 21.6 Å². The van der Waals surface area contributed by atoms with Crippen molar-refractivity contribution in [2.24, 2.45) is 5.14 Å². The Kier molecular flexibility index (Phi) is 3.74. The van der Waals surface area contributed by atoms with E-state index in [-0.39, 0.29) is 6.04 Å². The average molecular weight is 272 g/mol. The van der Waals surface area contributed by atoms with Crippen LogP contribution in [0.1, 0.15) is 24.9 Å². The number of fused-ring (bicyclic) bond motifs is 1. The monoisotopic (exact) mass is 272 g/mol. The Labute approximate surface area is 106 Å². The molecule has 1 aromatic rings. The number of nitrogens with two attached hydrogens (primary N) is 1. The largest absolute Gasteiger partial charge is 0.494 e. The minimum atomic E-state index is -3.74. The van der Waals surface area contributed by atoms with E-state index >= 15 is 0 Å². The smallest absolute Gasteiger partial charge is 0.274 e. The van der Waals surface area contributed by atoms with Gasteiger partial charge in [0, 0.05) is 12.0 Å². The highest BCUT2D eigenvalue weighted by molar-refractivity contribution is 7.87. The fraction of sp³-hybridized carbons (Fsp3) is 0.455. The third kappa shape index (κ3) is 3.12. The SMILES string of the molecule is CCOc1ccc2c(c1)C(NS(N)(=O)=O)CCO2. The second kappa shape index (κ2) is 5.13. The predicted molar refractivity (Wildman–Crippen MR) is 66.7 cm³/mol. The van der Waals surface area contributed by atoms with Crippen LogP contribution in [0, 0.1) is 0 Å². The molecule has 18 heavy (non-hydrogen) atoms. The Balaban J connectivity index is 2.31. The first kappa shape index (κ1) is 13.1.